The van der Waals surface area contributed by atoms with E-state index in [1.807, 2.05) is 0 Å². The number of ether oxygens (including phenoxy) is 1. The van der Waals surface area contributed by atoms with Crippen molar-refractivity contribution in [3.63, 3.8) is 0 Å². The maximum atomic E-state index is 11.8. The Bertz CT molecular complexity index is 634. The SMILES string of the molecule is COc1cccc(NC(=O)Cn2ccccc2=O)c1. The second-order valence-corrected chi connectivity index (χ2v) is 3.95. The molecule has 1 heterocycles. The largest absolute Gasteiger partial charge is 0.497 e. The van der Waals surface area contributed by atoms with E-state index in [4.69, 9.17) is 4.74 Å². The first-order valence-corrected chi connectivity index (χ1v) is 5.78. The number of carbonyl (C=O) groups is 1. The molecular formula is C14H14N2O3. The number of carbonyl (C=O) groups excluding carboxylic acids is 1. The predicted molar refractivity (Wildman–Crippen MR) is 72.3 cm³/mol. The highest BCUT2D eigenvalue weighted by molar-refractivity contribution is 5.90. The minimum absolute atomic E-state index is 0.0170. The predicted octanol–water partition coefficient (Wildman–Crippen LogP) is 1.50. The first-order valence-electron chi connectivity index (χ1n) is 5.78. The number of hydrogen-bond acceptors (Lipinski definition) is 3. The van der Waals surface area contributed by atoms with E-state index >= 15 is 0 Å². The second kappa shape index (κ2) is 5.86. The Labute approximate surface area is 110 Å². The van der Waals surface area contributed by atoms with Gasteiger partial charge >= 0.3 is 0 Å². The molecule has 0 atom stereocenters. The van der Waals surface area contributed by atoms with E-state index in [1.54, 1.807) is 49.7 Å². The van der Waals surface area contributed by atoms with E-state index in [1.165, 1.54) is 10.6 Å². The lowest BCUT2D eigenvalue weighted by atomic mass is 10.3. The highest BCUT2D eigenvalue weighted by atomic mass is 16.5. The van der Waals surface area contributed by atoms with Crippen molar-refractivity contribution in [3.05, 3.63) is 59.0 Å². The molecule has 0 aliphatic heterocycles. The van der Waals surface area contributed by atoms with Gasteiger partial charge < -0.3 is 14.6 Å². The molecule has 0 radical (unpaired) electrons. The summed E-state index contributed by atoms with van der Waals surface area (Å²) in [5.74, 6) is 0.399. The van der Waals surface area contributed by atoms with Crippen LogP contribution in [0.15, 0.2) is 53.5 Å². The summed E-state index contributed by atoms with van der Waals surface area (Å²) in [4.78, 5) is 23.3. The fourth-order valence-electron chi connectivity index (χ4n) is 1.65. The Morgan fingerprint density at radius 3 is 2.84 bits per heavy atom. The van der Waals surface area contributed by atoms with Gasteiger partial charge in [0, 0.05) is 24.0 Å². The summed E-state index contributed by atoms with van der Waals surface area (Å²) in [6.45, 7) is -0.0170. The van der Waals surface area contributed by atoms with Crippen molar-refractivity contribution < 1.29 is 9.53 Å². The molecule has 0 saturated heterocycles. The van der Waals surface area contributed by atoms with Gasteiger partial charge in [-0.3, -0.25) is 9.59 Å². The van der Waals surface area contributed by atoms with Crippen molar-refractivity contribution in [2.24, 2.45) is 0 Å². The molecule has 0 aliphatic carbocycles. The van der Waals surface area contributed by atoms with Gasteiger partial charge in [-0.25, -0.2) is 0 Å². The fourth-order valence-corrected chi connectivity index (χ4v) is 1.65. The van der Waals surface area contributed by atoms with Crippen LogP contribution in [0.4, 0.5) is 5.69 Å². The van der Waals surface area contributed by atoms with Gasteiger partial charge in [-0.15, -0.1) is 0 Å². The molecule has 98 valence electrons. The smallest absolute Gasteiger partial charge is 0.250 e. The molecule has 5 heteroatoms. The maximum absolute atomic E-state index is 11.8. The third kappa shape index (κ3) is 3.45. The molecule has 0 spiro atoms. The number of methoxy groups -OCH3 is 1. The number of pyridine rings is 1. The highest BCUT2D eigenvalue weighted by Crippen LogP contribution is 2.16. The lowest BCUT2D eigenvalue weighted by Gasteiger charge is -2.08. The summed E-state index contributed by atoms with van der Waals surface area (Å²) in [5.41, 5.74) is 0.427. The average molecular weight is 258 g/mol. The number of rotatable bonds is 4. The van der Waals surface area contributed by atoms with Crippen molar-refractivity contribution in [2.45, 2.75) is 6.54 Å². The number of anilines is 1. The molecule has 1 amide bonds. The van der Waals surface area contributed by atoms with Crippen LogP contribution in [0.5, 0.6) is 5.75 Å². The minimum atomic E-state index is -0.262. The molecule has 1 N–H and O–H groups in total. The molecule has 5 nitrogen and oxygen atoms in total. The molecule has 19 heavy (non-hydrogen) atoms. The number of benzene rings is 1. The van der Waals surface area contributed by atoms with Crippen LogP contribution in [0, 0.1) is 0 Å². The summed E-state index contributed by atoms with van der Waals surface area (Å²) < 4.78 is 6.41. The Morgan fingerprint density at radius 2 is 2.11 bits per heavy atom. The van der Waals surface area contributed by atoms with Gasteiger partial charge in [0.2, 0.25) is 5.91 Å². The number of hydrogen-bond donors (Lipinski definition) is 1. The number of nitrogens with zero attached hydrogens (tertiary/aromatic N) is 1. The first kappa shape index (κ1) is 12.9. The van der Waals surface area contributed by atoms with Crippen LogP contribution >= 0.6 is 0 Å². The summed E-state index contributed by atoms with van der Waals surface area (Å²) in [6.07, 6.45) is 1.58. The number of nitrogens with one attached hydrogen (secondary N) is 1. The summed E-state index contributed by atoms with van der Waals surface area (Å²) in [6, 6.07) is 11.8. The van der Waals surface area contributed by atoms with Gasteiger partial charge in [0.1, 0.15) is 12.3 Å². The van der Waals surface area contributed by atoms with E-state index in [2.05, 4.69) is 5.32 Å². The Hall–Kier alpha value is -2.56. The van der Waals surface area contributed by atoms with Crippen molar-refractivity contribution in [3.8, 4) is 5.75 Å². The number of aromatic nitrogens is 1. The van der Waals surface area contributed by atoms with Crippen LogP contribution in [0.3, 0.4) is 0 Å². The van der Waals surface area contributed by atoms with Crippen molar-refractivity contribution in [1.82, 2.24) is 4.57 Å². The van der Waals surface area contributed by atoms with Crippen LogP contribution in [0.1, 0.15) is 0 Å². The monoisotopic (exact) mass is 258 g/mol. The molecule has 0 aliphatic rings. The molecule has 0 fully saturated rings. The molecular weight excluding hydrogens is 244 g/mol. The second-order valence-electron chi connectivity index (χ2n) is 3.95. The molecule has 2 aromatic rings. The van der Waals surface area contributed by atoms with Gasteiger partial charge in [0.25, 0.3) is 5.56 Å². The molecule has 2 rings (SSSR count). The zero-order chi connectivity index (χ0) is 13.7. The molecule has 0 saturated carbocycles. The van der Waals surface area contributed by atoms with E-state index in [0.717, 1.165) is 0 Å². The van der Waals surface area contributed by atoms with E-state index in [-0.39, 0.29) is 18.0 Å². The van der Waals surface area contributed by atoms with E-state index in [0.29, 0.717) is 11.4 Å². The quantitative estimate of drug-likeness (QED) is 0.904. The molecule has 0 bridgehead atoms. The zero-order valence-electron chi connectivity index (χ0n) is 10.5. The van der Waals surface area contributed by atoms with Crippen molar-refractivity contribution in [1.29, 1.82) is 0 Å². The summed E-state index contributed by atoms with van der Waals surface area (Å²) in [5, 5.41) is 2.71. The molecule has 1 aromatic carbocycles. The van der Waals surface area contributed by atoms with E-state index < -0.39 is 0 Å². The first-order chi connectivity index (χ1) is 9.19. The van der Waals surface area contributed by atoms with Crippen LogP contribution in [0.2, 0.25) is 0 Å². The fraction of sp³-hybridized carbons (Fsp3) is 0.143. The van der Waals surface area contributed by atoms with Crippen molar-refractivity contribution >= 4 is 11.6 Å². The van der Waals surface area contributed by atoms with Gasteiger partial charge in [-0.05, 0) is 18.2 Å². The van der Waals surface area contributed by atoms with Crippen LogP contribution in [-0.4, -0.2) is 17.6 Å². The van der Waals surface area contributed by atoms with Crippen LogP contribution < -0.4 is 15.6 Å². The minimum Gasteiger partial charge on any atom is -0.497 e. The summed E-state index contributed by atoms with van der Waals surface area (Å²) >= 11 is 0. The number of amides is 1. The third-order valence-corrected chi connectivity index (χ3v) is 2.57. The Morgan fingerprint density at radius 1 is 1.26 bits per heavy atom. The molecule has 1 aromatic heterocycles. The van der Waals surface area contributed by atoms with Gasteiger partial charge in [0.15, 0.2) is 0 Å². The van der Waals surface area contributed by atoms with E-state index in [9.17, 15) is 9.59 Å². The van der Waals surface area contributed by atoms with Crippen LogP contribution in [0.25, 0.3) is 0 Å². The normalized spacial score (nSPS) is 9.95. The zero-order valence-corrected chi connectivity index (χ0v) is 10.5. The van der Waals surface area contributed by atoms with Gasteiger partial charge in [0.05, 0.1) is 7.11 Å². The van der Waals surface area contributed by atoms with Gasteiger partial charge in [-0.2, -0.15) is 0 Å². The van der Waals surface area contributed by atoms with Crippen LogP contribution in [-0.2, 0) is 11.3 Å². The van der Waals surface area contributed by atoms with Gasteiger partial charge in [-0.1, -0.05) is 12.1 Å². The summed E-state index contributed by atoms with van der Waals surface area (Å²) in [7, 11) is 1.56. The van der Waals surface area contributed by atoms with Crippen molar-refractivity contribution in [2.75, 3.05) is 12.4 Å². The lowest BCUT2D eigenvalue weighted by Crippen LogP contribution is -2.26. The topological polar surface area (TPSA) is 60.3 Å². The highest BCUT2D eigenvalue weighted by Gasteiger charge is 2.05. The Kier molecular flexibility index (Phi) is 3.97. The Balaban J connectivity index is 2.05. The third-order valence-electron chi connectivity index (χ3n) is 2.57. The standard InChI is InChI=1S/C14H14N2O3/c1-19-12-6-4-5-11(9-12)15-13(17)10-16-8-3-2-7-14(16)18/h2-9H,10H2,1H3,(H,15,17). The molecule has 0 unspecified atom stereocenters. The maximum Gasteiger partial charge on any atom is 0.250 e. The lowest BCUT2D eigenvalue weighted by molar-refractivity contribution is -0.116. The average Bonchev–Trinajstić information content (AvgIpc) is 2.41.